The molecular weight excluding hydrogens is 425 g/mol. The minimum absolute atomic E-state index is 0.0688. The van der Waals surface area contributed by atoms with Crippen molar-refractivity contribution in [3.05, 3.63) is 53.1 Å². The molecule has 1 aliphatic rings. The molecule has 1 aliphatic heterocycles. The van der Waals surface area contributed by atoms with E-state index >= 15 is 4.39 Å². The van der Waals surface area contributed by atoms with Gasteiger partial charge in [0, 0.05) is 23.9 Å². The molecular formula is C25H28FN3O4. The van der Waals surface area contributed by atoms with Crippen LogP contribution in [0.2, 0.25) is 0 Å². The summed E-state index contributed by atoms with van der Waals surface area (Å²) in [5.41, 5.74) is 4.42. The third-order valence-electron chi connectivity index (χ3n) is 5.93. The van der Waals surface area contributed by atoms with Crippen molar-refractivity contribution < 1.29 is 23.4 Å². The van der Waals surface area contributed by atoms with Crippen LogP contribution in [0.5, 0.6) is 5.88 Å². The molecule has 8 heteroatoms. The minimum atomic E-state index is -0.524. The van der Waals surface area contributed by atoms with Gasteiger partial charge in [0.2, 0.25) is 5.88 Å². The van der Waals surface area contributed by atoms with E-state index in [9.17, 15) is 4.79 Å². The number of carbonyl (C=O) groups excluding carboxylic acids is 1. The molecule has 0 bridgehead atoms. The Balaban J connectivity index is 1.85. The number of carbonyl (C=O) groups is 1. The molecule has 0 saturated carbocycles. The molecule has 1 atom stereocenters. The molecule has 174 valence electrons. The number of benzene rings is 1. The Hall–Kier alpha value is -3.26. The molecule has 0 spiro atoms. The maximum absolute atomic E-state index is 15.7. The zero-order chi connectivity index (χ0) is 23.5. The number of nitrogens with zero attached hydrogens (tertiary/aromatic N) is 3. The van der Waals surface area contributed by atoms with Gasteiger partial charge in [0.1, 0.15) is 11.4 Å². The zero-order valence-electron chi connectivity index (χ0n) is 19.4. The van der Waals surface area contributed by atoms with Gasteiger partial charge in [0.25, 0.3) is 0 Å². The van der Waals surface area contributed by atoms with Gasteiger partial charge >= 0.3 is 5.97 Å². The zero-order valence-corrected chi connectivity index (χ0v) is 19.4. The Kier molecular flexibility index (Phi) is 6.74. The fraction of sp³-hybridized carbons (Fsp3) is 0.400. The van der Waals surface area contributed by atoms with Gasteiger partial charge in [-0.2, -0.15) is 5.10 Å². The maximum atomic E-state index is 15.7. The van der Waals surface area contributed by atoms with E-state index in [1.54, 1.807) is 31.0 Å². The first kappa shape index (κ1) is 22.9. The summed E-state index contributed by atoms with van der Waals surface area (Å²) in [6.07, 6.45) is 4.61. The monoisotopic (exact) mass is 453 g/mol. The number of methoxy groups -OCH3 is 1. The quantitative estimate of drug-likeness (QED) is 0.480. The third-order valence-corrected chi connectivity index (χ3v) is 5.93. The second kappa shape index (κ2) is 9.70. The number of ether oxygens (including phenoxy) is 3. The van der Waals surface area contributed by atoms with Gasteiger partial charge in [-0.05, 0) is 55.5 Å². The molecule has 1 saturated heterocycles. The first-order valence-corrected chi connectivity index (χ1v) is 11.1. The second-order valence-corrected chi connectivity index (χ2v) is 7.94. The van der Waals surface area contributed by atoms with Crippen LogP contribution in [0, 0.1) is 12.7 Å². The normalized spacial score (nSPS) is 15.6. The van der Waals surface area contributed by atoms with E-state index in [0.717, 1.165) is 28.7 Å². The fourth-order valence-corrected chi connectivity index (χ4v) is 4.39. The van der Waals surface area contributed by atoms with Crippen molar-refractivity contribution in [1.82, 2.24) is 14.8 Å². The molecule has 4 rings (SSSR count). The predicted molar refractivity (Wildman–Crippen MR) is 122 cm³/mol. The maximum Gasteiger partial charge on any atom is 0.341 e. The summed E-state index contributed by atoms with van der Waals surface area (Å²) >= 11 is 0. The van der Waals surface area contributed by atoms with E-state index in [0.29, 0.717) is 36.8 Å². The van der Waals surface area contributed by atoms with Gasteiger partial charge in [-0.1, -0.05) is 13.0 Å². The molecule has 33 heavy (non-hydrogen) atoms. The number of aromatic nitrogens is 3. The highest BCUT2D eigenvalue weighted by atomic mass is 19.1. The predicted octanol–water partition coefficient (Wildman–Crippen LogP) is 4.77. The molecule has 0 N–H and O–H groups in total. The molecule has 0 unspecified atom stereocenters. The standard InChI is InChI=1S/C25H28FN3O4/c1-5-18-22(15(3)12-27-24(18)31-4)16-7-8-19(21(26)11-16)23-20(25(30)33-6-2)13-28-29(23)17-9-10-32-14-17/h7-8,11-13,17H,5-6,9-10,14H2,1-4H3/t17-/m0/s1. The number of pyridine rings is 1. The lowest BCUT2D eigenvalue weighted by Crippen LogP contribution is -2.14. The van der Waals surface area contributed by atoms with Crippen LogP contribution >= 0.6 is 0 Å². The summed E-state index contributed by atoms with van der Waals surface area (Å²) in [4.78, 5) is 17.0. The van der Waals surface area contributed by atoms with Crippen LogP contribution in [-0.2, 0) is 15.9 Å². The number of rotatable bonds is 7. The van der Waals surface area contributed by atoms with E-state index in [2.05, 4.69) is 10.1 Å². The second-order valence-electron chi connectivity index (χ2n) is 7.94. The van der Waals surface area contributed by atoms with Crippen molar-refractivity contribution in [2.24, 2.45) is 0 Å². The highest BCUT2D eigenvalue weighted by Gasteiger charge is 2.28. The molecule has 2 aromatic heterocycles. The lowest BCUT2D eigenvalue weighted by Gasteiger charge is -2.17. The van der Waals surface area contributed by atoms with Gasteiger partial charge in [-0.15, -0.1) is 0 Å². The summed E-state index contributed by atoms with van der Waals surface area (Å²) in [6, 6.07) is 4.98. The van der Waals surface area contributed by atoms with Crippen LogP contribution in [0.15, 0.2) is 30.6 Å². The van der Waals surface area contributed by atoms with Crippen LogP contribution in [0.4, 0.5) is 4.39 Å². The highest BCUT2D eigenvalue weighted by Crippen LogP contribution is 2.37. The summed E-state index contributed by atoms with van der Waals surface area (Å²) in [5, 5.41) is 4.41. The van der Waals surface area contributed by atoms with Crippen LogP contribution in [-0.4, -0.2) is 47.7 Å². The fourth-order valence-electron chi connectivity index (χ4n) is 4.39. The lowest BCUT2D eigenvalue weighted by molar-refractivity contribution is 0.0527. The summed E-state index contributed by atoms with van der Waals surface area (Å²) < 4.78 is 33.5. The first-order chi connectivity index (χ1) is 16.0. The summed E-state index contributed by atoms with van der Waals surface area (Å²) in [7, 11) is 1.58. The van der Waals surface area contributed by atoms with Crippen molar-refractivity contribution in [2.75, 3.05) is 26.9 Å². The summed E-state index contributed by atoms with van der Waals surface area (Å²) in [5.74, 6) is -0.438. The average Bonchev–Trinajstić information content (AvgIpc) is 3.49. The smallest absolute Gasteiger partial charge is 0.341 e. The van der Waals surface area contributed by atoms with E-state index < -0.39 is 11.8 Å². The van der Waals surface area contributed by atoms with Crippen LogP contribution in [0.3, 0.4) is 0 Å². The Morgan fingerprint density at radius 1 is 1.30 bits per heavy atom. The van der Waals surface area contributed by atoms with Gasteiger partial charge in [-0.3, -0.25) is 4.68 Å². The molecule has 7 nitrogen and oxygen atoms in total. The van der Waals surface area contributed by atoms with E-state index in [1.165, 1.54) is 12.3 Å². The van der Waals surface area contributed by atoms with Crippen molar-refractivity contribution in [3.63, 3.8) is 0 Å². The average molecular weight is 454 g/mol. The lowest BCUT2D eigenvalue weighted by atomic mass is 9.93. The molecule has 3 aromatic rings. The topological polar surface area (TPSA) is 75.5 Å². The van der Waals surface area contributed by atoms with E-state index in [4.69, 9.17) is 14.2 Å². The van der Waals surface area contributed by atoms with Crippen LogP contribution in [0.1, 0.15) is 47.8 Å². The molecule has 1 fully saturated rings. The molecule has 0 aliphatic carbocycles. The molecule has 0 amide bonds. The van der Waals surface area contributed by atoms with Crippen LogP contribution < -0.4 is 4.74 Å². The largest absolute Gasteiger partial charge is 0.481 e. The molecule has 3 heterocycles. The number of hydrogen-bond donors (Lipinski definition) is 0. The molecule has 0 radical (unpaired) electrons. The Morgan fingerprint density at radius 2 is 2.12 bits per heavy atom. The highest BCUT2D eigenvalue weighted by molar-refractivity contribution is 5.96. The Morgan fingerprint density at radius 3 is 2.76 bits per heavy atom. The first-order valence-electron chi connectivity index (χ1n) is 11.1. The van der Waals surface area contributed by atoms with Crippen molar-refractivity contribution >= 4 is 5.97 Å². The van der Waals surface area contributed by atoms with Crippen molar-refractivity contribution in [3.8, 4) is 28.3 Å². The van der Waals surface area contributed by atoms with Gasteiger partial charge < -0.3 is 14.2 Å². The number of hydrogen-bond acceptors (Lipinski definition) is 6. The van der Waals surface area contributed by atoms with E-state index in [1.807, 2.05) is 19.9 Å². The summed E-state index contributed by atoms with van der Waals surface area (Å²) in [6.45, 7) is 6.98. The van der Waals surface area contributed by atoms with Gasteiger partial charge in [0.15, 0.2) is 0 Å². The van der Waals surface area contributed by atoms with Crippen molar-refractivity contribution in [1.29, 1.82) is 0 Å². The van der Waals surface area contributed by atoms with Crippen molar-refractivity contribution in [2.45, 2.75) is 39.7 Å². The van der Waals surface area contributed by atoms with Gasteiger partial charge in [0.05, 0.1) is 38.3 Å². The SMILES string of the molecule is CCOC(=O)c1cnn([C@H]2CCOC2)c1-c1ccc(-c2c(C)cnc(OC)c2CC)cc1F. The van der Waals surface area contributed by atoms with Crippen LogP contribution in [0.25, 0.3) is 22.4 Å². The number of esters is 1. The van der Waals surface area contributed by atoms with Gasteiger partial charge in [-0.25, -0.2) is 14.2 Å². The Bertz CT molecular complexity index is 1170. The number of halogens is 1. The third kappa shape index (κ3) is 4.23. The molecule has 1 aromatic carbocycles. The number of aryl methyl sites for hydroxylation is 1. The Labute approximate surface area is 192 Å². The minimum Gasteiger partial charge on any atom is -0.481 e. The van der Waals surface area contributed by atoms with E-state index in [-0.39, 0.29) is 18.2 Å².